The summed E-state index contributed by atoms with van der Waals surface area (Å²) >= 11 is 0. The van der Waals surface area contributed by atoms with Gasteiger partial charge in [-0.05, 0) is 25.1 Å². The molecule has 150 valence electrons. The monoisotopic (exact) mass is 397 g/mol. The number of hydrogen-bond acceptors (Lipinski definition) is 8. The zero-order chi connectivity index (χ0) is 20.4. The highest BCUT2D eigenvalue weighted by molar-refractivity contribution is 6.31. The van der Waals surface area contributed by atoms with E-state index in [1.165, 1.54) is 18.5 Å². The number of aliphatic imine (C=N–C) groups is 1. The van der Waals surface area contributed by atoms with E-state index in [1.807, 2.05) is 6.92 Å². The molecule has 1 heterocycles. The van der Waals surface area contributed by atoms with Gasteiger partial charge in [-0.15, -0.1) is 0 Å². The second-order valence-electron chi connectivity index (χ2n) is 5.13. The van der Waals surface area contributed by atoms with Crippen molar-refractivity contribution in [3.05, 3.63) is 42.0 Å². The standard InChI is InChI=1S/C17H18F3N5O3/c1-2-26-9-12-5-6-22-17(24-12)27-10-13(25-21)8-23-11-3-4-14(18)15(7-11)28-16(19)20/h3-8,16H,2,9-10,21H2,1H3. The molecule has 0 aliphatic carbocycles. The van der Waals surface area contributed by atoms with Crippen molar-refractivity contribution in [3.63, 3.8) is 0 Å². The topological polar surface area (TPSA) is 104 Å². The molecule has 0 fully saturated rings. The molecule has 0 aliphatic heterocycles. The van der Waals surface area contributed by atoms with Gasteiger partial charge < -0.3 is 20.1 Å². The zero-order valence-electron chi connectivity index (χ0n) is 14.9. The number of aromatic nitrogens is 2. The van der Waals surface area contributed by atoms with Gasteiger partial charge in [-0.25, -0.2) is 9.37 Å². The van der Waals surface area contributed by atoms with E-state index < -0.39 is 18.2 Å². The van der Waals surface area contributed by atoms with Crippen LogP contribution in [0.15, 0.2) is 40.6 Å². The molecule has 28 heavy (non-hydrogen) atoms. The molecule has 1 aromatic heterocycles. The van der Waals surface area contributed by atoms with Gasteiger partial charge in [0, 0.05) is 18.9 Å². The minimum absolute atomic E-state index is 0.0975. The van der Waals surface area contributed by atoms with Gasteiger partial charge >= 0.3 is 12.6 Å². The van der Waals surface area contributed by atoms with Crippen molar-refractivity contribution in [2.45, 2.75) is 20.1 Å². The molecule has 11 heteroatoms. The number of rotatable bonds is 10. The molecule has 0 saturated heterocycles. The molecule has 0 spiro atoms. The third-order valence-electron chi connectivity index (χ3n) is 3.15. The van der Waals surface area contributed by atoms with Gasteiger partial charge in [0.15, 0.2) is 11.6 Å². The molecule has 2 rings (SSSR count). The first-order valence-electron chi connectivity index (χ1n) is 8.09. The minimum Gasteiger partial charge on any atom is -0.457 e. The number of halogens is 3. The molecule has 8 nitrogen and oxygen atoms in total. The molecule has 0 saturated carbocycles. The van der Waals surface area contributed by atoms with E-state index in [0.717, 1.165) is 12.1 Å². The van der Waals surface area contributed by atoms with Gasteiger partial charge in [0.1, 0.15) is 12.3 Å². The fourth-order valence-electron chi connectivity index (χ4n) is 1.89. The average molecular weight is 397 g/mol. The van der Waals surface area contributed by atoms with Crippen LogP contribution in [-0.4, -0.2) is 41.7 Å². The number of nitrogens with two attached hydrogens (primary N) is 1. The van der Waals surface area contributed by atoms with Crippen LogP contribution < -0.4 is 15.3 Å². The predicted octanol–water partition coefficient (Wildman–Crippen LogP) is 2.85. The molecule has 1 aromatic carbocycles. The van der Waals surface area contributed by atoms with Crippen molar-refractivity contribution < 1.29 is 27.4 Å². The van der Waals surface area contributed by atoms with E-state index in [2.05, 4.69) is 24.8 Å². The van der Waals surface area contributed by atoms with Crippen LogP contribution in [0.1, 0.15) is 12.6 Å². The summed E-state index contributed by atoms with van der Waals surface area (Å²) in [6.45, 7) is -0.511. The van der Waals surface area contributed by atoms with Crippen molar-refractivity contribution in [2.75, 3.05) is 13.2 Å². The maximum Gasteiger partial charge on any atom is 0.387 e. The summed E-state index contributed by atoms with van der Waals surface area (Å²) in [5.74, 6) is 3.74. The highest BCUT2D eigenvalue weighted by Gasteiger charge is 2.10. The smallest absolute Gasteiger partial charge is 0.387 e. The molecule has 0 radical (unpaired) electrons. The predicted molar refractivity (Wildman–Crippen MR) is 95.7 cm³/mol. The van der Waals surface area contributed by atoms with Gasteiger partial charge in [0.25, 0.3) is 0 Å². The number of alkyl halides is 2. The number of ether oxygens (including phenoxy) is 3. The van der Waals surface area contributed by atoms with Crippen molar-refractivity contribution in [2.24, 2.45) is 15.9 Å². The first-order valence-corrected chi connectivity index (χ1v) is 8.09. The molecule has 2 N–H and O–H groups in total. The highest BCUT2D eigenvalue weighted by atomic mass is 19.3. The molecule has 0 atom stereocenters. The van der Waals surface area contributed by atoms with E-state index in [0.29, 0.717) is 18.9 Å². The minimum atomic E-state index is -3.15. The lowest BCUT2D eigenvalue weighted by Gasteiger charge is -2.07. The Kier molecular flexibility index (Phi) is 8.15. The summed E-state index contributed by atoms with van der Waals surface area (Å²) < 4.78 is 52.7. The maximum atomic E-state index is 13.4. The number of hydrogen-bond donors (Lipinski definition) is 1. The third kappa shape index (κ3) is 6.83. The fourth-order valence-corrected chi connectivity index (χ4v) is 1.89. The van der Waals surface area contributed by atoms with Crippen molar-refractivity contribution in [1.82, 2.24) is 9.97 Å². The third-order valence-corrected chi connectivity index (χ3v) is 3.15. The molecule has 0 aliphatic rings. The Morgan fingerprint density at radius 2 is 2.14 bits per heavy atom. The van der Waals surface area contributed by atoms with Crippen molar-refractivity contribution in [1.29, 1.82) is 0 Å². The average Bonchev–Trinajstić information content (AvgIpc) is 2.68. The summed E-state index contributed by atoms with van der Waals surface area (Å²) in [4.78, 5) is 12.1. The normalized spacial score (nSPS) is 12.0. The zero-order valence-corrected chi connectivity index (χ0v) is 14.9. The Morgan fingerprint density at radius 3 is 2.86 bits per heavy atom. The summed E-state index contributed by atoms with van der Waals surface area (Å²) in [7, 11) is 0. The van der Waals surface area contributed by atoms with E-state index in [9.17, 15) is 13.2 Å². The summed E-state index contributed by atoms with van der Waals surface area (Å²) in [5, 5.41) is 3.52. The number of nitrogens with zero attached hydrogens (tertiary/aromatic N) is 4. The van der Waals surface area contributed by atoms with Crippen LogP contribution >= 0.6 is 0 Å². The van der Waals surface area contributed by atoms with E-state index >= 15 is 0 Å². The van der Waals surface area contributed by atoms with Crippen molar-refractivity contribution >= 4 is 17.6 Å². The second-order valence-corrected chi connectivity index (χ2v) is 5.13. The van der Waals surface area contributed by atoms with E-state index in [4.69, 9.17) is 15.3 Å². The Bertz CT molecular complexity index is 833. The van der Waals surface area contributed by atoms with Gasteiger partial charge in [0.05, 0.1) is 24.2 Å². The van der Waals surface area contributed by atoms with Crippen LogP contribution in [0.2, 0.25) is 0 Å². The molecule has 0 bridgehead atoms. The quantitative estimate of drug-likeness (QED) is 0.376. The van der Waals surface area contributed by atoms with Crippen LogP contribution in [-0.2, 0) is 11.3 Å². The SMILES string of the molecule is CCOCc1ccnc(OCC(C=Nc2ccc(F)c(OC(F)F)c2)=NN)n1. The number of hydrazone groups is 1. The second kappa shape index (κ2) is 10.8. The molecular formula is C17H18F3N5O3. The lowest BCUT2D eigenvalue weighted by atomic mass is 10.3. The Hall–Kier alpha value is -3.21. The molecule has 0 amide bonds. The summed E-state index contributed by atoms with van der Waals surface area (Å²) in [6.07, 6.45) is 2.76. The first-order chi connectivity index (χ1) is 13.5. The maximum absolute atomic E-state index is 13.4. The van der Waals surface area contributed by atoms with E-state index in [1.54, 1.807) is 6.07 Å². The van der Waals surface area contributed by atoms with Gasteiger partial charge in [0.2, 0.25) is 0 Å². The molecule has 2 aromatic rings. The lowest BCUT2D eigenvalue weighted by Crippen LogP contribution is -2.16. The van der Waals surface area contributed by atoms with E-state index in [-0.39, 0.29) is 24.0 Å². The fraction of sp³-hybridized carbons (Fsp3) is 0.294. The van der Waals surface area contributed by atoms with Crippen LogP contribution in [0.5, 0.6) is 11.8 Å². The molecular weight excluding hydrogens is 379 g/mol. The van der Waals surface area contributed by atoms with Gasteiger partial charge in [-0.2, -0.15) is 18.9 Å². The molecule has 0 unspecified atom stereocenters. The summed E-state index contributed by atoms with van der Waals surface area (Å²) in [6, 6.07) is 5.04. The van der Waals surface area contributed by atoms with Crippen LogP contribution in [0, 0.1) is 5.82 Å². The van der Waals surface area contributed by atoms with Crippen LogP contribution in [0.3, 0.4) is 0 Å². The van der Waals surface area contributed by atoms with Crippen molar-refractivity contribution in [3.8, 4) is 11.8 Å². The summed E-state index contributed by atoms with van der Waals surface area (Å²) in [5.41, 5.74) is 1.01. The highest BCUT2D eigenvalue weighted by Crippen LogP contribution is 2.25. The largest absolute Gasteiger partial charge is 0.457 e. The first kappa shape index (κ1) is 21.1. The Balaban J connectivity index is 1.99. The number of benzene rings is 1. The van der Waals surface area contributed by atoms with Gasteiger partial charge in [-0.3, -0.25) is 4.99 Å². The van der Waals surface area contributed by atoms with Crippen LogP contribution in [0.25, 0.3) is 0 Å². The Morgan fingerprint density at radius 1 is 1.32 bits per heavy atom. The van der Waals surface area contributed by atoms with Crippen LogP contribution in [0.4, 0.5) is 18.9 Å². The lowest BCUT2D eigenvalue weighted by molar-refractivity contribution is -0.0521. The Labute approximate surface area is 158 Å². The van der Waals surface area contributed by atoms with Gasteiger partial charge in [-0.1, -0.05) is 0 Å².